The number of carbonyl (C=O) groups excluding carboxylic acids is 1. The largest absolute Gasteiger partial charge is 0.305 e. The van der Waals surface area contributed by atoms with Crippen LogP contribution in [0.25, 0.3) is 11.3 Å². The summed E-state index contributed by atoms with van der Waals surface area (Å²) in [5.74, 6) is 0. The number of rotatable bonds is 3. The lowest BCUT2D eigenvalue weighted by Crippen LogP contribution is -2.26. The van der Waals surface area contributed by atoms with Gasteiger partial charge in [0.2, 0.25) is 0 Å². The molecule has 114 valence electrons. The summed E-state index contributed by atoms with van der Waals surface area (Å²) < 4.78 is 1.72. The Bertz CT molecular complexity index is 771. The molecule has 1 aromatic heterocycles. The molecule has 1 aliphatic rings. The van der Waals surface area contributed by atoms with E-state index < -0.39 is 0 Å². The zero-order chi connectivity index (χ0) is 15.7. The molecule has 3 nitrogen and oxygen atoms in total. The molecule has 0 amide bonds. The SMILES string of the molecule is CC(C)n1c(-c2ccc3c(c2)CCCC3)ccc(C=O)c1=O. The van der Waals surface area contributed by atoms with E-state index in [9.17, 15) is 9.59 Å². The highest BCUT2D eigenvalue weighted by molar-refractivity contribution is 5.75. The first kappa shape index (κ1) is 14.8. The predicted octanol–water partition coefficient (Wildman–Crippen LogP) is 3.79. The number of benzene rings is 1. The van der Waals surface area contributed by atoms with Crippen molar-refractivity contribution < 1.29 is 4.79 Å². The number of hydrogen-bond donors (Lipinski definition) is 0. The molecule has 0 unspecified atom stereocenters. The third kappa shape index (κ3) is 2.52. The Hall–Kier alpha value is -2.16. The van der Waals surface area contributed by atoms with Crippen molar-refractivity contribution in [2.75, 3.05) is 0 Å². The number of nitrogens with zero attached hydrogens (tertiary/aromatic N) is 1. The van der Waals surface area contributed by atoms with E-state index in [1.54, 1.807) is 10.6 Å². The summed E-state index contributed by atoms with van der Waals surface area (Å²) >= 11 is 0. The average Bonchev–Trinajstić information content (AvgIpc) is 2.53. The Morgan fingerprint density at radius 1 is 1.05 bits per heavy atom. The summed E-state index contributed by atoms with van der Waals surface area (Å²) in [6.07, 6.45) is 5.39. The molecule has 0 N–H and O–H groups in total. The van der Waals surface area contributed by atoms with Gasteiger partial charge in [0.15, 0.2) is 6.29 Å². The van der Waals surface area contributed by atoms with E-state index in [2.05, 4.69) is 18.2 Å². The predicted molar refractivity (Wildman–Crippen MR) is 88.6 cm³/mol. The summed E-state index contributed by atoms with van der Waals surface area (Å²) in [6, 6.07) is 10.0. The van der Waals surface area contributed by atoms with Crippen molar-refractivity contribution in [2.24, 2.45) is 0 Å². The summed E-state index contributed by atoms with van der Waals surface area (Å²) in [5.41, 5.74) is 4.78. The Morgan fingerprint density at radius 2 is 1.77 bits per heavy atom. The molecule has 1 aliphatic carbocycles. The Balaban J connectivity index is 2.18. The fourth-order valence-corrected chi connectivity index (χ4v) is 3.30. The topological polar surface area (TPSA) is 39.1 Å². The highest BCUT2D eigenvalue weighted by Gasteiger charge is 2.15. The van der Waals surface area contributed by atoms with Gasteiger partial charge >= 0.3 is 0 Å². The van der Waals surface area contributed by atoms with Gasteiger partial charge in [0.1, 0.15) is 0 Å². The van der Waals surface area contributed by atoms with Crippen molar-refractivity contribution in [1.29, 1.82) is 0 Å². The smallest absolute Gasteiger partial charge is 0.261 e. The number of pyridine rings is 1. The van der Waals surface area contributed by atoms with Crippen molar-refractivity contribution in [3.05, 3.63) is 57.4 Å². The van der Waals surface area contributed by atoms with Crippen LogP contribution in [0.4, 0.5) is 0 Å². The van der Waals surface area contributed by atoms with Crippen LogP contribution in [-0.4, -0.2) is 10.9 Å². The van der Waals surface area contributed by atoms with Gasteiger partial charge in [0.05, 0.1) is 11.3 Å². The van der Waals surface area contributed by atoms with Crippen molar-refractivity contribution >= 4 is 6.29 Å². The van der Waals surface area contributed by atoms with Crippen molar-refractivity contribution in [2.45, 2.75) is 45.6 Å². The van der Waals surface area contributed by atoms with Crippen LogP contribution in [0.2, 0.25) is 0 Å². The molecule has 1 heterocycles. The zero-order valence-corrected chi connectivity index (χ0v) is 13.1. The average molecular weight is 295 g/mol. The molecule has 0 saturated heterocycles. The number of fused-ring (bicyclic) bond motifs is 1. The number of hydrogen-bond acceptors (Lipinski definition) is 2. The monoisotopic (exact) mass is 295 g/mol. The van der Waals surface area contributed by atoms with Gasteiger partial charge in [0.25, 0.3) is 5.56 Å². The van der Waals surface area contributed by atoms with E-state index in [1.165, 1.54) is 24.0 Å². The van der Waals surface area contributed by atoms with Crippen LogP contribution in [0, 0.1) is 0 Å². The minimum atomic E-state index is -0.208. The van der Waals surface area contributed by atoms with E-state index in [4.69, 9.17) is 0 Å². The molecule has 1 aromatic carbocycles. The quantitative estimate of drug-likeness (QED) is 0.808. The summed E-state index contributed by atoms with van der Waals surface area (Å²) in [6.45, 7) is 3.94. The van der Waals surface area contributed by atoms with Gasteiger partial charge in [-0.2, -0.15) is 0 Å². The Morgan fingerprint density at radius 3 is 2.45 bits per heavy atom. The van der Waals surface area contributed by atoms with Gasteiger partial charge < -0.3 is 4.57 Å². The molecule has 0 spiro atoms. The Kier molecular flexibility index (Phi) is 3.97. The van der Waals surface area contributed by atoms with Gasteiger partial charge in [0, 0.05) is 6.04 Å². The Labute approximate surface area is 130 Å². The van der Waals surface area contributed by atoms with E-state index in [-0.39, 0.29) is 17.2 Å². The first-order chi connectivity index (χ1) is 10.6. The lowest BCUT2D eigenvalue weighted by atomic mass is 9.89. The zero-order valence-electron chi connectivity index (χ0n) is 13.1. The maximum Gasteiger partial charge on any atom is 0.261 e. The molecular formula is C19H21NO2. The standard InChI is InChI=1S/C19H21NO2/c1-13(2)20-18(10-9-17(12-21)19(20)22)16-8-7-14-5-3-4-6-15(14)11-16/h7-13H,3-6H2,1-2H3. The van der Waals surface area contributed by atoms with Gasteiger partial charge in [-0.3, -0.25) is 9.59 Å². The normalized spacial score (nSPS) is 14.0. The van der Waals surface area contributed by atoms with Crippen LogP contribution in [0.5, 0.6) is 0 Å². The van der Waals surface area contributed by atoms with Gasteiger partial charge in [-0.05, 0) is 74.4 Å². The van der Waals surface area contributed by atoms with Crippen LogP contribution in [0.15, 0.2) is 35.1 Å². The molecule has 0 atom stereocenters. The van der Waals surface area contributed by atoms with Gasteiger partial charge in [-0.1, -0.05) is 12.1 Å². The number of aromatic nitrogens is 1. The van der Waals surface area contributed by atoms with Crippen LogP contribution < -0.4 is 5.56 Å². The molecule has 0 aliphatic heterocycles. The highest BCUT2D eigenvalue weighted by Crippen LogP contribution is 2.28. The first-order valence-electron chi connectivity index (χ1n) is 7.94. The lowest BCUT2D eigenvalue weighted by molar-refractivity contribution is 0.112. The van der Waals surface area contributed by atoms with Crippen molar-refractivity contribution in [3.8, 4) is 11.3 Å². The molecule has 3 rings (SSSR count). The molecule has 0 bridgehead atoms. The third-order valence-corrected chi connectivity index (χ3v) is 4.43. The van der Waals surface area contributed by atoms with Gasteiger partial charge in [-0.25, -0.2) is 0 Å². The second-order valence-corrected chi connectivity index (χ2v) is 6.25. The fourth-order valence-electron chi connectivity index (χ4n) is 3.30. The molecule has 0 saturated carbocycles. The minimum absolute atomic E-state index is 0.0124. The summed E-state index contributed by atoms with van der Waals surface area (Å²) in [5, 5.41) is 0. The van der Waals surface area contributed by atoms with E-state index in [0.717, 1.165) is 24.1 Å². The number of carbonyl (C=O) groups is 1. The molecular weight excluding hydrogens is 274 g/mol. The summed E-state index contributed by atoms with van der Waals surface area (Å²) in [7, 11) is 0. The molecule has 2 aromatic rings. The first-order valence-corrected chi connectivity index (χ1v) is 7.94. The van der Waals surface area contributed by atoms with E-state index >= 15 is 0 Å². The second kappa shape index (κ2) is 5.91. The summed E-state index contributed by atoms with van der Waals surface area (Å²) in [4.78, 5) is 23.5. The van der Waals surface area contributed by atoms with Crippen LogP contribution in [0.3, 0.4) is 0 Å². The van der Waals surface area contributed by atoms with Crippen molar-refractivity contribution in [3.63, 3.8) is 0 Å². The van der Waals surface area contributed by atoms with Crippen molar-refractivity contribution in [1.82, 2.24) is 4.57 Å². The minimum Gasteiger partial charge on any atom is -0.305 e. The highest BCUT2D eigenvalue weighted by atomic mass is 16.1. The lowest BCUT2D eigenvalue weighted by Gasteiger charge is -2.20. The molecule has 22 heavy (non-hydrogen) atoms. The second-order valence-electron chi connectivity index (χ2n) is 6.25. The molecule has 0 radical (unpaired) electrons. The molecule has 0 fully saturated rings. The van der Waals surface area contributed by atoms with Gasteiger partial charge in [-0.15, -0.1) is 0 Å². The maximum absolute atomic E-state index is 12.5. The number of aryl methyl sites for hydroxylation is 2. The van der Waals surface area contributed by atoms with Crippen LogP contribution in [-0.2, 0) is 12.8 Å². The third-order valence-electron chi connectivity index (χ3n) is 4.43. The number of aldehydes is 1. The van der Waals surface area contributed by atoms with E-state index in [1.807, 2.05) is 19.9 Å². The van der Waals surface area contributed by atoms with Crippen LogP contribution >= 0.6 is 0 Å². The maximum atomic E-state index is 12.5. The van der Waals surface area contributed by atoms with E-state index in [0.29, 0.717) is 6.29 Å². The molecule has 3 heteroatoms. The fraction of sp³-hybridized carbons (Fsp3) is 0.368. The van der Waals surface area contributed by atoms with Crippen LogP contribution in [0.1, 0.15) is 54.2 Å².